The van der Waals surface area contributed by atoms with Crippen molar-refractivity contribution in [3.05, 3.63) is 15.6 Å². The molecule has 0 aromatic carbocycles. The Morgan fingerprint density at radius 3 is 2.22 bits per heavy atom. The lowest BCUT2D eigenvalue weighted by atomic mass is 10.1. The Hall–Kier alpha value is -0.450. The first-order valence-electron chi connectivity index (χ1n) is 6.86. The minimum Gasteiger partial charge on any atom is -0.385 e. The van der Waals surface area contributed by atoms with Crippen LogP contribution in [0.15, 0.2) is 0 Å². The third-order valence-corrected chi connectivity index (χ3v) is 4.64. The summed E-state index contributed by atoms with van der Waals surface area (Å²) in [6.45, 7) is 13.4. The summed E-state index contributed by atoms with van der Waals surface area (Å²) < 4.78 is 0. The standard InChI is InChI=1S/C14H26N2OS/c1-6-11-13(14(4,5)17)18-12(15-11)9-10-16(7-2)8-3/h17H,6-10H2,1-5H3. The van der Waals surface area contributed by atoms with Crippen LogP contribution < -0.4 is 0 Å². The van der Waals surface area contributed by atoms with Crippen LogP contribution in [0.4, 0.5) is 0 Å². The number of aryl methyl sites for hydroxylation is 1. The van der Waals surface area contributed by atoms with Crippen molar-refractivity contribution in [1.29, 1.82) is 0 Å². The van der Waals surface area contributed by atoms with Crippen molar-refractivity contribution < 1.29 is 5.11 Å². The molecule has 0 saturated carbocycles. The van der Waals surface area contributed by atoms with Crippen LogP contribution in [-0.2, 0) is 18.4 Å². The van der Waals surface area contributed by atoms with Gasteiger partial charge in [0.25, 0.3) is 0 Å². The molecule has 3 nitrogen and oxygen atoms in total. The van der Waals surface area contributed by atoms with Gasteiger partial charge < -0.3 is 10.0 Å². The highest BCUT2D eigenvalue weighted by Gasteiger charge is 2.23. The summed E-state index contributed by atoms with van der Waals surface area (Å²) in [5.41, 5.74) is 0.290. The Balaban J connectivity index is 2.76. The smallest absolute Gasteiger partial charge is 0.0950 e. The highest BCUT2D eigenvalue weighted by molar-refractivity contribution is 7.11. The van der Waals surface area contributed by atoms with Crippen molar-refractivity contribution in [3.63, 3.8) is 0 Å². The Morgan fingerprint density at radius 1 is 1.22 bits per heavy atom. The van der Waals surface area contributed by atoms with Crippen LogP contribution in [0.25, 0.3) is 0 Å². The Morgan fingerprint density at radius 2 is 1.83 bits per heavy atom. The lowest BCUT2D eigenvalue weighted by Gasteiger charge is -2.17. The second kappa shape index (κ2) is 6.64. The van der Waals surface area contributed by atoms with Crippen LogP contribution in [0.1, 0.15) is 50.2 Å². The fourth-order valence-electron chi connectivity index (χ4n) is 2.02. The maximum Gasteiger partial charge on any atom is 0.0950 e. The molecular weight excluding hydrogens is 244 g/mol. The lowest BCUT2D eigenvalue weighted by Crippen LogP contribution is -2.25. The van der Waals surface area contributed by atoms with E-state index in [1.54, 1.807) is 11.3 Å². The molecule has 1 heterocycles. The molecule has 0 saturated heterocycles. The molecule has 1 aromatic heterocycles. The van der Waals surface area contributed by atoms with Crippen LogP contribution in [0.5, 0.6) is 0 Å². The molecule has 0 amide bonds. The second-order valence-electron chi connectivity index (χ2n) is 5.07. The summed E-state index contributed by atoms with van der Waals surface area (Å²) in [7, 11) is 0. The number of rotatable bonds is 7. The topological polar surface area (TPSA) is 36.4 Å². The molecule has 0 aliphatic carbocycles. The van der Waals surface area contributed by atoms with E-state index in [0.29, 0.717) is 0 Å². The van der Waals surface area contributed by atoms with Crippen molar-refractivity contribution in [2.75, 3.05) is 19.6 Å². The Kier molecular flexibility index (Phi) is 5.76. The molecule has 0 bridgehead atoms. The molecule has 18 heavy (non-hydrogen) atoms. The number of aromatic nitrogens is 1. The third-order valence-electron chi connectivity index (χ3n) is 3.17. The van der Waals surface area contributed by atoms with Crippen molar-refractivity contribution in [2.45, 2.75) is 53.1 Å². The van der Waals surface area contributed by atoms with E-state index in [0.717, 1.165) is 48.1 Å². The highest BCUT2D eigenvalue weighted by Crippen LogP contribution is 2.30. The van der Waals surface area contributed by atoms with Gasteiger partial charge in [0, 0.05) is 13.0 Å². The minimum atomic E-state index is -0.767. The molecule has 0 fully saturated rings. The summed E-state index contributed by atoms with van der Waals surface area (Å²) in [5.74, 6) is 0. The fraction of sp³-hybridized carbons (Fsp3) is 0.786. The van der Waals surface area contributed by atoms with Gasteiger partial charge in [0.05, 0.1) is 21.2 Å². The van der Waals surface area contributed by atoms with Crippen LogP contribution >= 0.6 is 11.3 Å². The van der Waals surface area contributed by atoms with E-state index in [-0.39, 0.29) is 0 Å². The van der Waals surface area contributed by atoms with E-state index in [2.05, 4.69) is 30.7 Å². The molecular formula is C14H26N2OS. The zero-order chi connectivity index (χ0) is 13.8. The van der Waals surface area contributed by atoms with Gasteiger partial charge in [-0.1, -0.05) is 20.8 Å². The molecule has 0 aliphatic heterocycles. The van der Waals surface area contributed by atoms with Crippen molar-refractivity contribution in [3.8, 4) is 0 Å². The molecule has 4 heteroatoms. The first-order valence-corrected chi connectivity index (χ1v) is 7.67. The quantitative estimate of drug-likeness (QED) is 0.827. The van der Waals surface area contributed by atoms with Crippen LogP contribution in [-0.4, -0.2) is 34.6 Å². The third kappa shape index (κ3) is 4.04. The molecule has 0 atom stereocenters. The van der Waals surface area contributed by atoms with Gasteiger partial charge >= 0.3 is 0 Å². The number of hydrogen-bond acceptors (Lipinski definition) is 4. The van der Waals surface area contributed by atoms with E-state index in [4.69, 9.17) is 0 Å². The highest BCUT2D eigenvalue weighted by atomic mass is 32.1. The average molecular weight is 270 g/mol. The average Bonchev–Trinajstić information content (AvgIpc) is 2.73. The largest absolute Gasteiger partial charge is 0.385 e. The first-order chi connectivity index (χ1) is 8.42. The maximum atomic E-state index is 10.1. The Bertz CT molecular complexity index is 364. The molecule has 1 N–H and O–H groups in total. The maximum absolute atomic E-state index is 10.1. The summed E-state index contributed by atoms with van der Waals surface area (Å²) in [6.07, 6.45) is 1.87. The zero-order valence-corrected chi connectivity index (χ0v) is 13.1. The van der Waals surface area contributed by atoms with Gasteiger partial charge in [0.15, 0.2) is 0 Å². The molecule has 1 aromatic rings. The Labute approximate surface area is 115 Å². The van der Waals surface area contributed by atoms with E-state index >= 15 is 0 Å². The van der Waals surface area contributed by atoms with Gasteiger partial charge in [-0.15, -0.1) is 11.3 Å². The van der Waals surface area contributed by atoms with Crippen molar-refractivity contribution in [2.24, 2.45) is 0 Å². The summed E-state index contributed by atoms with van der Waals surface area (Å²) >= 11 is 1.67. The second-order valence-corrected chi connectivity index (χ2v) is 6.16. The van der Waals surface area contributed by atoms with Gasteiger partial charge in [0.1, 0.15) is 0 Å². The van der Waals surface area contributed by atoms with Gasteiger partial charge in [-0.05, 0) is 33.4 Å². The van der Waals surface area contributed by atoms with Gasteiger partial charge in [-0.25, -0.2) is 4.98 Å². The molecule has 0 aliphatic rings. The SMILES string of the molecule is CCc1nc(CCN(CC)CC)sc1C(C)(C)O. The summed E-state index contributed by atoms with van der Waals surface area (Å²) in [5, 5.41) is 11.3. The normalized spacial score (nSPS) is 12.4. The summed E-state index contributed by atoms with van der Waals surface area (Å²) in [6, 6.07) is 0. The minimum absolute atomic E-state index is 0.767. The van der Waals surface area contributed by atoms with Gasteiger partial charge in [-0.3, -0.25) is 0 Å². The zero-order valence-electron chi connectivity index (χ0n) is 12.3. The van der Waals surface area contributed by atoms with E-state index in [1.807, 2.05) is 13.8 Å². The predicted octanol–water partition coefficient (Wildman–Crippen LogP) is 2.82. The predicted molar refractivity (Wildman–Crippen MR) is 78.2 cm³/mol. The molecule has 104 valence electrons. The monoisotopic (exact) mass is 270 g/mol. The van der Waals surface area contributed by atoms with Crippen molar-refractivity contribution >= 4 is 11.3 Å². The number of thiazole rings is 1. The van der Waals surface area contributed by atoms with Gasteiger partial charge in [0.2, 0.25) is 0 Å². The first kappa shape index (κ1) is 15.6. The van der Waals surface area contributed by atoms with Gasteiger partial charge in [-0.2, -0.15) is 0 Å². The number of hydrogen-bond donors (Lipinski definition) is 1. The lowest BCUT2D eigenvalue weighted by molar-refractivity contribution is 0.0814. The molecule has 0 radical (unpaired) electrons. The number of nitrogens with zero attached hydrogens (tertiary/aromatic N) is 2. The molecule has 1 rings (SSSR count). The van der Waals surface area contributed by atoms with E-state index in [9.17, 15) is 5.11 Å². The number of aliphatic hydroxyl groups is 1. The molecule has 0 unspecified atom stereocenters. The van der Waals surface area contributed by atoms with E-state index < -0.39 is 5.60 Å². The number of likely N-dealkylation sites (N-methyl/N-ethyl adjacent to an activating group) is 1. The summed E-state index contributed by atoms with van der Waals surface area (Å²) in [4.78, 5) is 8.09. The van der Waals surface area contributed by atoms with Crippen LogP contribution in [0.2, 0.25) is 0 Å². The fourth-order valence-corrected chi connectivity index (χ4v) is 3.16. The molecule has 0 spiro atoms. The van der Waals surface area contributed by atoms with Crippen molar-refractivity contribution in [1.82, 2.24) is 9.88 Å². The van der Waals surface area contributed by atoms with E-state index in [1.165, 1.54) is 0 Å². The van der Waals surface area contributed by atoms with Crippen LogP contribution in [0, 0.1) is 0 Å². The van der Waals surface area contributed by atoms with Crippen LogP contribution in [0.3, 0.4) is 0 Å².